The topological polar surface area (TPSA) is 93.8 Å². The number of rotatable bonds is 4. The van der Waals surface area contributed by atoms with Gasteiger partial charge in [-0.1, -0.05) is 17.8 Å². The van der Waals surface area contributed by atoms with Gasteiger partial charge < -0.3 is 5.32 Å². The van der Waals surface area contributed by atoms with Crippen molar-refractivity contribution in [3.8, 4) is 0 Å². The number of hydrogen-bond donors (Lipinski definition) is 1. The van der Waals surface area contributed by atoms with Gasteiger partial charge in [-0.3, -0.25) is 10.1 Å². The molecule has 22 heavy (non-hydrogen) atoms. The third-order valence-electron chi connectivity index (χ3n) is 2.95. The minimum Gasteiger partial charge on any atom is -0.339 e. The summed E-state index contributed by atoms with van der Waals surface area (Å²) < 4.78 is 0. The largest absolute Gasteiger partial charge is 0.339 e. The number of thioether (sulfide) groups is 1. The van der Waals surface area contributed by atoms with E-state index in [9.17, 15) is 10.1 Å². The van der Waals surface area contributed by atoms with E-state index in [0.29, 0.717) is 22.3 Å². The molecule has 0 spiro atoms. The molecule has 3 rings (SSSR count). The molecule has 0 saturated heterocycles. The Labute approximate surface area is 130 Å². The highest BCUT2D eigenvalue weighted by Gasteiger charge is 2.10. The summed E-state index contributed by atoms with van der Waals surface area (Å²) in [7, 11) is 0. The monoisotopic (exact) mass is 313 g/mol. The van der Waals surface area contributed by atoms with E-state index in [1.807, 2.05) is 12.3 Å². The smallest absolute Gasteiger partial charge is 0.271 e. The molecule has 0 radical (unpaired) electrons. The quantitative estimate of drug-likeness (QED) is 0.341. The zero-order valence-electron chi connectivity index (χ0n) is 11.6. The average molecular weight is 313 g/mol. The second-order valence-corrected chi connectivity index (χ2v) is 5.14. The summed E-state index contributed by atoms with van der Waals surface area (Å²) in [6.07, 6.45) is 3.54. The Kier molecular flexibility index (Phi) is 3.84. The maximum Gasteiger partial charge on any atom is 0.271 e. The molecule has 0 aliphatic heterocycles. The number of fused-ring (bicyclic) bond motifs is 1. The van der Waals surface area contributed by atoms with Crippen molar-refractivity contribution in [2.45, 2.75) is 5.16 Å². The number of anilines is 2. The molecule has 8 heteroatoms. The van der Waals surface area contributed by atoms with Crippen molar-refractivity contribution in [2.24, 2.45) is 0 Å². The molecule has 1 N–H and O–H groups in total. The Morgan fingerprint density at radius 2 is 2.09 bits per heavy atom. The van der Waals surface area contributed by atoms with Crippen molar-refractivity contribution in [3.05, 3.63) is 52.7 Å². The molecule has 1 aromatic carbocycles. The van der Waals surface area contributed by atoms with Crippen LogP contribution in [-0.2, 0) is 0 Å². The van der Waals surface area contributed by atoms with Crippen LogP contribution in [-0.4, -0.2) is 26.1 Å². The van der Waals surface area contributed by atoms with Gasteiger partial charge in [-0.2, -0.15) is 0 Å². The SMILES string of the molecule is CSc1nc(Nc2cccc([N+](=O)[O-])c2)c2cccnc2n1. The summed E-state index contributed by atoms with van der Waals surface area (Å²) >= 11 is 1.41. The highest BCUT2D eigenvalue weighted by atomic mass is 32.2. The number of nitro benzene ring substituents is 1. The average Bonchev–Trinajstić information content (AvgIpc) is 2.55. The first-order valence-electron chi connectivity index (χ1n) is 6.35. The molecule has 0 bridgehead atoms. The molecule has 0 aliphatic carbocycles. The van der Waals surface area contributed by atoms with Gasteiger partial charge in [-0.25, -0.2) is 15.0 Å². The van der Waals surface area contributed by atoms with E-state index in [2.05, 4.69) is 20.3 Å². The van der Waals surface area contributed by atoms with Gasteiger partial charge >= 0.3 is 0 Å². The van der Waals surface area contributed by atoms with Crippen molar-refractivity contribution in [1.82, 2.24) is 15.0 Å². The third-order valence-corrected chi connectivity index (χ3v) is 3.50. The normalized spacial score (nSPS) is 10.6. The molecule has 0 aliphatic rings. The zero-order valence-corrected chi connectivity index (χ0v) is 12.4. The van der Waals surface area contributed by atoms with Gasteiger partial charge in [0, 0.05) is 24.0 Å². The summed E-state index contributed by atoms with van der Waals surface area (Å²) in [6.45, 7) is 0. The van der Waals surface area contributed by atoms with E-state index < -0.39 is 4.92 Å². The van der Waals surface area contributed by atoms with Crippen LogP contribution in [0.2, 0.25) is 0 Å². The van der Waals surface area contributed by atoms with E-state index >= 15 is 0 Å². The van der Waals surface area contributed by atoms with Crippen LogP contribution in [0, 0.1) is 10.1 Å². The first kappa shape index (κ1) is 14.2. The fourth-order valence-electron chi connectivity index (χ4n) is 1.96. The molecule has 2 heterocycles. The van der Waals surface area contributed by atoms with Gasteiger partial charge in [0.1, 0.15) is 5.82 Å². The van der Waals surface area contributed by atoms with Crippen molar-refractivity contribution in [1.29, 1.82) is 0 Å². The summed E-state index contributed by atoms with van der Waals surface area (Å²) in [6, 6.07) is 9.92. The maximum atomic E-state index is 10.9. The lowest BCUT2D eigenvalue weighted by molar-refractivity contribution is -0.384. The lowest BCUT2D eigenvalue weighted by atomic mass is 10.2. The van der Waals surface area contributed by atoms with Gasteiger partial charge in [0.05, 0.1) is 10.3 Å². The number of nitro groups is 1. The first-order valence-corrected chi connectivity index (χ1v) is 7.58. The second kappa shape index (κ2) is 5.94. The molecule has 0 saturated carbocycles. The number of benzene rings is 1. The molecule has 0 amide bonds. The fraction of sp³-hybridized carbons (Fsp3) is 0.0714. The Hall–Kier alpha value is -2.74. The van der Waals surface area contributed by atoms with E-state index in [1.165, 1.54) is 23.9 Å². The van der Waals surface area contributed by atoms with Crippen LogP contribution in [0.1, 0.15) is 0 Å². The molecule has 3 aromatic rings. The summed E-state index contributed by atoms with van der Waals surface area (Å²) in [4.78, 5) is 23.4. The van der Waals surface area contributed by atoms with Crippen molar-refractivity contribution in [2.75, 3.05) is 11.6 Å². The maximum absolute atomic E-state index is 10.9. The van der Waals surface area contributed by atoms with Crippen LogP contribution in [0.15, 0.2) is 47.8 Å². The van der Waals surface area contributed by atoms with Gasteiger partial charge in [0.2, 0.25) is 0 Å². The van der Waals surface area contributed by atoms with Crippen molar-refractivity contribution in [3.63, 3.8) is 0 Å². The van der Waals surface area contributed by atoms with Crippen LogP contribution < -0.4 is 5.32 Å². The molecule has 2 aromatic heterocycles. The lowest BCUT2D eigenvalue weighted by Gasteiger charge is -2.09. The molecular weight excluding hydrogens is 302 g/mol. The van der Waals surface area contributed by atoms with Gasteiger partial charge in [-0.15, -0.1) is 0 Å². The predicted molar refractivity (Wildman–Crippen MR) is 85.5 cm³/mol. The summed E-state index contributed by atoms with van der Waals surface area (Å²) in [5, 5.41) is 15.3. The Bertz CT molecular complexity index is 856. The van der Waals surface area contributed by atoms with E-state index in [4.69, 9.17) is 0 Å². The number of non-ortho nitro benzene ring substituents is 1. The van der Waals surface area contributed by atoms with Crippen LogP contribution >= 0.6 is 11.8 Å². The van der Waals surface area contributed by atoms with Crippen molar-refractivity contribution >= 4 is 40.0 Å². The number of pyridine rings is 1. The molecule has 7 nitrogen and oxygen atoms in total. The Morgan fingerprint density at radius 3 is 2.86 bits per heavy atom. The minimum absolute atomic E-state index is 0.0200. The molecule has 110 valence electrons. The van der Waals surface area contributed by atoms with Crippen LogP contribution in [0.3, 0.4) is 0 Å². The predicted octanol–water partition coefficient (Wildman–Crippen LogP) is 3.40. The fourth-order valence-corrected chi connectivity index (χ4v) is 2.32. The van der Waals surface area contributed by atoms with Crippen LogP contribution in [0.25, 0.3) is 11.0 Å². The number of hydrogen-bond acceptors (Lipinski definition) is 7. The molecule has 0 fully saturated rings. The number of aromatic nitrogens is 3. The first-order chi connectivity index (χ1) is 10.7. The van der Waals surface area contributed by atoms with E-state index in [-0.39, 0.29) is 5.69 Å². The summed E-state index contributed by atoms with van der Waals surface area (Å²) in [5.41, 5.74) is 1.19. The highest BCUT2D eigenvalue weighted by molar-refractivity contribution is 7.98. The van der Waals surface area contributed by atoms with Crippen LogP contribution in [0.4, 0.5) is 17.2 Å². The standard InChI is InChI=1S/C14H11N5O2S/c1-22-14-17-12-11(6-3-7-15-12)13(18-14)16-9-4-2-5-10(8-9)19(20)21/h2-8H,1H3,(H,15,16,17,18). The summed E-state index contributed by atoms with van der Waals surface area (Å²) in [5.74, 6) is 0.572. The third kappa shape index (κ3) is 2.82. The van der Waals surface area contributed by atoms with Gasteiger partial charge in [-0.05, 0) is 24.5 Å². The number of nitrogens with zero attached hydrogens (tertiary/aromatic N) is 4. The number of nitrogens with one attached hydrogen (secondary N) is 1. The Morgan fingerprint density at radius 1 is 1.23 bits per heavy atom. The van der Waals surface area contributed by atoms with E-state index in [0.717, 1.165) is 5.39 Å². The van der Waals surface area contributed by atoms with E-state index in [1.54, 1.807) is 24.4 Å². The highest BCUT2D eigenvalue weighted by Crippen LogP contribution is 2.26. The molecular formula is C14H11N5O2S. The van der Waals surface area contributed by atoms with Gasteiger partial charge in [0.25, 0.3) is 5.69 Å². The second-order valence-electron chi connectivity index (χ2n) is 4.37. The van der Waals surface area contributed by atoms with Crippen LogP contribution in [0.5, 0.6) is 0 Å². The molecule has 0 unspecified atom stereocenters. The van der Waals surface area contributed by atoms with Gasteiger partial charge in [0.15, 0.2) is 10.8 Å². The minimum atomic E-state index is -0.432. The molecule has 0 atom stereocenters. The zero-order chi connectivity index (χ0) is 15.5. The lowest BCUT2D eigenvalue weighted by Crippen LogP contribution is -2.00. The Balaban J connectivity index is 2.06. The van der Waals surface area contributed by atoms with Crippen molar-refractivity contribution < 1.29 is 4.92 Å².